The van der Waals surface area contributed by atoms with Crippen LogP contribution in [0.25, 0.3) is 22.3 Å². The van der Waals surface area contributed by atoms with E-state index in [0.29, 0.717) is 6.61 Å². The monoisotopic (exact) mass is 358 g/mol. The lowest BCUT2D eigenvalue weighted by Gasteiger charge is -2.05. The molecule has 0 atom stereocenters. The summed E-state index contributed by atoms with van der Waals surface area (Å²) in [6.45, 7) is 3.37. The number of furan rings is 1. The molecule has 0 saturated heterocycles. The summed E-state index contributed by atoms with van der Waals surface area (Å²) in [5.74, 6) is 2.52. The van der Waals surface area contributed by atoms with E-state index in [9.17, 15) is 0 Å². The minimum atomic E-state index is 0.541. The van der Waals surface area contributed by atoms with Crippen molar-refractivity contribution in [1.29, 1.82) is 0 Å². The summed E-state index contributed by atoms with van der Waals surface area (Å²) in [5.41, 5.74) is 2.99. The van der Waals surface area contributed by atoms with Gasteiger partial charge in [0.25, 0.3) is 0 Å². The molecule has 1 aromatic heterocycles. The molecule has 0 amide bonds. The van der Waals surface area contributed by atoms with E-state index in [-0.39, 0.29) is 0 Å². The van der Waals surface area contributed by atoms with Crippen LogP contribution in [0.2, 0.25) is 0 Å². The highest BCUT2D eigenvalue weighted by Gasteiger charge is 2.08. The minimum absolute atomic E-state index is 0.541. The van der Waals surface area contributed by atoms with E-state index in [1.807, 2.05) is 60.7 Å². The van der Waals surface area contributed by atoms with Crippen LogP contribution in [-0.2, 0) is 6.61 Å². The van der Waals surface area contributed by atoms with Crippen LogP contribution in [0.1, 0.15) is 18.9 Å². The van der Waals surface area contributed by atoms with E-state index in [1.54, 1.807) is 0 Å². The predicted octanol–water partition coefficient (Wildman–Crippen LogP) is 6.47. The van der Waals surface area contributed by atoms with Crippen LogP contribution in [-0.4, -0.2) is 6.61 Å². The third-order valence-corrected chi connectivity index (χ3v) is 4.35. The van der Waals surface area contributed by atoms with E-state index < -0.39 is 0 Å². The van der Waals surface area contributed by atoms with Crippen molar-refractivity contribution in [1.82, 2.24) is 0 Å². The van der Waals surface area contributed by atoms with Crippen LogP contribution in [0.15, 0.2) is 83.3 Å². The second-order valence-electron chi connectivity index (χ2n) is 6.46. The minimum Gasteiger partial charge on any atom is -0.494 e. The highest BCUT2D eigenvalue weighted by atomic mass is 16.5. The van der Waals surface area contributed by atoms with E-state index in [0.717, 1.165) is 52.4 Å². The van der Waals surface area contributed by atoms with Crippen molar-refractivity contribution in [3.05, 3.63) is 84.4 Å². The lowest BCUT2D eigenvalue weighted by molar-refractivity contribution is 0.306. The third kappa shape index (κ3) is 4.14. The molecule has 0 saturated carbocycles. The molecule has 0 bridgehead atoms. The molecular weight excluding hydrogens is 336 g/mol. The number of rotatable bonds is 7. The van der Waals surface area contributed by atoms with Gasteiger partial charge in [0.1, 0.15) is 29.4 Å². The second-order valence-corrected chi connectivity index (χ2v) is 6.46. The zero-order valence-electron chi connectivity index (χ0n) is 15.4. The van der Waals surface area contributed by atoms with Crippen LogP contribution in [0.5, 0.6) is 11.5 Å². The molecule has 4 rings (SSSR count). The van der Waals surface area contributed by atoms with Crippen LogP contribution in [0.3, 0.4) is 0 Å². The molecule has 136 valence electrons. The number of ether oxygens (including phenoxy) is 2. The normalized spacial score (nSPS) is 10.9. The Bertz CT molecular complexity index is 1000. The second kappa shape index (κ2) is 8.00. The van der Waals surface area contributed by atoms with Gasteiger partial charge in [-0.3, -0.25) is 0 Å². The van der Waals surface area contributed by atoms with Crippen molar-refractivity contribution in [2.24, 2.45) is 0 Å². The molecule has 0 radical (unpaired) electrons. The fourth-order valence-electron chi connectivity index (χ4n) is 2.92. The first kappa shape index (κ1) is 17.2. The molecule has 0 N–H and O–H groups in total. The topological polar surface area (TPSA) is 31.6 Å². The van der Waals surface area contributed by atoms with E-state index >= 15 is 0 Å². The first-order chi connectivity index (χ1) is 13.3. The molecule has 0 aliphatic heterocycles. The van der Waals surface area contributed by atoms with Gasteiger partial charge < -0.3 is 13.9 Å². The van der Waals surface area contributed by atoms with E-state index in [4.69, 9.17) is 13.9 Å². The van der Waals surface area contributed by atoms with Gasteiger partial charge in [-0.05, 0) is 54.4 Å². The van der Waals surface area contributed by atoms with Crippen molar-refractivity contribution in [2.75, 3.05) is 6.61 Å². The molecule has 4 aromatic rings. The number of hydrogen-bond acceptors (Lipinski definition) is 3. The van der Waals surface area contributed by atoms with Crippen molar-refractivity contribution in [2.45, 2.75) is 20.0 Å². The summed E-state index contributed by atoms with van der Waals surface area (Å²) in [4.78, 5) is 0. The fraction of sp³-hybridized carbons (Fsp3) is 0.167. The van der Waals surface area contributed by atoms with Gasteiger partial charge in [-0.25, -0.2) is 0 Å². The zero-order chi connectivity index (χ0) is 18.5. The van der Waals surface area contributed by atoms with Gasteiger partial charge in [-0.15, -0.1) is 0 Å². The molecule has 0 aliphatic carbocycles. The highest BCUT2D eigenvalue weighted by molar-refractivity contribution is 5.84. The standard InChI is InChI=1S/C24H22O3/c1-2-14-25-21-11-8-19(9-12-21)23-15-20-10-13-22(16-24(20)27-23)26-17-18-6-4-3-5-7-18/h3-13,15-16H,2,14,17H2,1H3. The van der Waals surface area contributed by atoms with Crippen molar-refractivity contribution in [3.8, 4) is 22.8 Å². The first-order valence-electron chi connectivity index (χ1n) is 9.25. The Morgan fingerprint density at radius 1 is 0.778 bits per heavy atom. The van der Waals surface area contributed by atoms with Crippen molar-refractivity contribution >= 4 is 11.0 Å². The molecule has 0 fully saturated rings. The summed E-state index contributed by atoms with van der Waals surface area (Å²) in [7, 11) is 0. The summed E-state index contributed by atoms with van der Waals surface area (Å²) >= 11 is 0. The molecular formula is C24H22O3. The molecule has 3 nitrogen and oxygen atoms in total. The van der Waals surface area contributed by atoms with Crippen LogP contribution >= 0.6 is 0 Å². The summed E-state index contributed by atoms with van der Waals surface area (Å²) in [5, 5.41) is 1.06. The molecule has 3 heteroatoms. The maximum absolute atomic E-state index is 6.05. The summed E-state index contributed by atoms with van der Waals surface area (Å²) < 4.78 is 17.6. The van der Waals surface area contributed by atoms with Crippen molar-refractivity contribution < 1.29 is 13.9 Å². The largest absolute Gasteiger partial charge is 0.494 e. The average molecular weight is 358 g/mol. The smallest absolute Gasteiger partial charge is 0.138 e. The highest BCUT2D eigenvalue weighted by Crippen LogP contribution is 2.31. The summed E-state index contributed by atoms with van der Waals surface area (Å²) in [6.07, 6.45) is 1.00. The van der Waals surface area contributed by atoms with Gasteiger partial charge >= 0.3 is 0 Å². The maximum Gasteiger partial charge on any atom is 0.138 e. The number of benzene rings is 3. The Labute approximate surface area is 159 Å². The SMILES string of the molecule is CCCOc1ccc(-c2cc3ccc(OCc4ccccc4)cc3o2)cc1. The average Bonchev–Trinajstić information content (AvgIpc) is 3.15. The van der Waals surface area contributed by atoms with E-state index in [1.165, 1.54) is 0 Å². The quantitative estimate of drug-likeness (QED) is 0.379. The molecule has 0 unspecified atom stereocenters. The Balaban J connectivity index is 1.50. The zero-order valence-corrected chi connectivity index (χ0v) is 15.4. The first-order valence-corrected chi connectivity index (χ1v) is 9.25. The molecule has 0 spiro atoms. The summed E-state index contributed by atoms with van der Waals surface area (Å²) in [6, 6.07) is 26.1. The lowest BCUT2D eigenvalue weighted by Crippen LogP contribution is -1.94. The molecule has 27 heavy (non-hydrogen) atoms. The Hall–Kier alpha value is -3.20. The molecule has 0 aliphatic rings. The van der Waals surface area contributed by atoms with Crippen LogP contribution < -0.4 is 9.47 Å². The third-order valence-electron chi connectivity index (χ3n) is 4.35. The van der Waals surface area contributed by atoms with Gasteiger partial charge in [-0.1, -0.05) is 37.3 Å². The van der Waals surface area contributed by atoms with Gasteiger partial charge in [0.05, 0.1) is 6.61 Å². The fourth-order valence-corrected chi connectivity index (χ4v) is 2.92. The predicted molar refractivity (Wildman–Crippen MR) is 108 cm³/mol. The van der Waals surface area contributed by atoms with Crippen molar-refractivity contribution in [3.63, 3.8) is 0 Å². The molecule has 1 heterocycles. The van der Waals surface area contributed by atoms with Gasteiger partial charge in [0.15, 0.2) is 0 Å². The number of hydrogen-bond donors (Lipinski definition) is 0. The lowest BCUT2D eigenvalue weighted by atomic mass is 10.1. The maximum atomic E-state index is 6.05. The Morgan fingerprint density at radius 3 is 2.33 bits per heavy atom. The number of fused-ring (bicyclic) bond motifs is 1. The molecule has 3 aromatic carbocycles. The van der Waals surface area contributed by atoms with Gasteiger partial charge in [-0.2, -0.15) is 0 Å². The van der Waals surface area contributed by atoms with Gasteiger partial charge in [0, 0.05) is 17.0 Å². The van der Waals surface area contributed by atoms with E-state index in [2.05, 4.69) is 25.1 Å². The van der Waals surface area contributed by atoms with Crippen LogP contribution in [0, 0.1) is 0 Å². The van der Waals surface area contributed by atoms with Gasteiger partial charge in [0.2, 0.25) is 0 Å². The van der Waals surface area contributed by atoms with Crippen LogP contribution in [0.4, 0.5) is 0 Å². The Morgan fingerprint density at radius 2 is 1.56 bits per heavy atom. The Kier molecular flexibility index (Phi) is 5.10.